The number of benzene rings is 2. The predicted molar refractivity (Wildman–Crippen MR) is 88.7 cm³/mol. The van der Waals surface area contributed by atoms with Crippen molar-refractivity contribution in [1.29, 1.82) is 0 Å². The van der Waals surface area contributed by atoms with E-state index in [0.717, 1.165) is 11.1 Å². The second-order valence-corrected chi connectivity index (χ2v) is 5.69. The van der Waals surface area contributed by atoms with Crippen LogP contribution in [-0.2, 0) is 6.18 Å². The van der Waals surface area contributed by atoms with Crippen LogP contribution in [0.4, 0.5) is 19.0 Å². The van der Waals surface area contributed by atoms with Crippen molar-refractivity contribution in [3.63, 3.8) is 0 Å². The summed E-state index contributed by atoms with van der Waals surface area (Å²) in [5, 5.41) is 8.54. The first-order valence-corrected chi connectivity index (χ1v) is 7.66. The van der Waals surface area contributed by atoms with Crippen LogP contribution in [0.1, 0.15) is 29.9 Å². The van der Waals surface area contributed by atoms with Crippen molar-refractivity contribution in [3.8, 4) is 0 Å². The van der Waals surface area contributed by atoms with Gasteiger partial charge in [0.1, 0.15) is 0 Å². The van der Waals surface area contributed by atoms with Crippen LogP contribution in [0.15, 0.2) is 58.8 Å². The molecular formula is C18H15F3N4. The van der Waals surface area contributed by atoms with Crippen LogP contribution >= 0.6 is 0 Å². The highest BCUT2D eigenvalue weighted by molar-refractivity contribution is 5.87. The Kier molecular flexibility index (Phi) is 4.48. The highest BCUT2D eigenvalue weighted by Gasteiger charge is 2.35. The van der Waals surface area contributed by atoms with Crippen molar-refractivity contribution in [2.45, 2.75) is 26.1 Å². The van der Waals surface area contributed by atoms with Crippen LogP contribution in [-0.4, -0.2) is 9.97 Å². The fourth-order valence-corrected chi connectivity index (χ4v) is 2.32. The lowest BCUT2D eigenvalue weighted by Crippen LogP contribution is -2.10. The Morgan fingerprint density at radius 1 is 0.960 bits per heavy atom. The van der Waals surface area contributed by atoms with E-state index in [1.807, 2.05) is 38.1 Å². The first kappa shape index (κ1) is 17.0. The molecule has 0 aliphatic heterocycles. The smallest absolute Gasteiger partial charge is 0.224 e. The molecule has 1 aromatic heterocycles. The largest absolute Gasteiger partial charge is 0.451 e. The summed E-state index contributed by atoms with van der Waals surface area (Å²) >= 11 is 0. The third-order valence-electron chi connectivity index (χ3n) is 3.72. The maximum absolute atomic E-state index is 13.0. The lowest BCUT2D eigenvalue weighted by Gasteiger charge is -2.09. The number of aryl methyl sites for hydroxylation is 1. The molecule has 0 aliphatic rings. The summed E-state index contributed by atoms with van der Waals surface area (Å²) in [7, 11) is 0. The zero-order valence-corrected chi connectivity index (χ0v) is 13.6. The normalized spacial score (nSPS) is 13.5. The van der Waals surface area contributed by atoms with Gasteiger partial charge in [0.05, 0.1) is 11.6 Å². The summed E-state index contributed by atoms with van der Waals surface area (Å²) < 4.78 is 39.0. The summed E-state index contributed by atoms with van der Waals surface area (Å²) in [5.74, 6) is -1.31. The van der Waals surface area contributed by atoms with E-state index in [9.17, 15) is 13.2 Å². The second kappa shape index (κ2) is 6.58. The number of para-hydroxylation sites is 1. The van der Waals surface area contributed by atoms with E-state index in [0.29, 0.717) is 5.39 Å². The van der Waals surface area contributed by atoms with Gasteiger partial charge in [0.2, 0.25) is 5.82 Å². The molecule has 0 saturated heterocycles. The minimum Gasteiger partial charge on any atom is -0.224 e. The van der Waals surface area contributed by atoms with Gasteiger partial charge in [-0.25, -0.2) is 9.97 Å². The predicted octanol–water partition coefficient (Wildman–Crippen LogP) is 5.80. The van der Waals surface area contributed by atoms with Crippen LogP contribution < -0.4 is 0 Å². The summed E-state index contributed by atoms with van der Waals surface area (Å²) in [5.41, 5.74) is 2.22. The molecule has 1 heterocycles. The minimum atomic E-state index is -4.64. The molecule has 0 spiro atoms. The number of azo groups is 1. The third kappa shape index (κ3) is 3.81. The molecule has 25 heavy (non-hydrogen) atoms. The Balaban J connectivity index is 2.00. The Labute approximate surface area is 142 Å². The number of fused-ring (bicyclic) bond motifs is 1. The van der Waals surface area contributed by atoms with Gasteiger partial charge >= 0.3 is 6.18 Å². The number of hydrogen-bond donors (Lipinski definition) is 0. The molecule has 7 heteroatoms. The molecule has 0 bridgehead atoms. The van der Waals surface area contributed by atoms with Crippen LogP contribution in [0.5, 0.6) is 0 Å². The third-order valence-corrected chi connectivity index (χ3v) is 3.72. The fraction of sp³-hybridized carbons (Fsp3) is 0.222. The molecule has 0 radical (unpaired) electrons. The van der Waals surface area contributed by atoms with E-state index < -0.39 is 12.0 Å². The maximum atomic E-state index is 13.0. The lowest BCUT2D eigenvalue weighted by molar-refractivity contribution is -0.144. The van der Waals surface area contributed by atoms with E-state index in [1.165, 1.54) is 6.07 Å². The Hall–Kier alpha value is -2.83. The van der Waals surface area contributed by atoms with Crippen molar-refractivity contribution in [2.24, 2.45) is 10.2 Å². The van der Waals surface area contributed by atoms with Gasteiger partial charge in [-0.05, 0) is 31.5 Å². The molecule has 0 aliphatic carbocycles. The summed E-state index contributed by atoms with van der Waals surface area (Å²) in [4.78, 5) is 7.12. The fourth-order valence-electron chi connectivity index (χ4n) is 2.32. The molecule has 0 fully saturated rings. The van der Waals surface area contributed by atoms with Crippen molar-refractivity contribution in [3.05, 3.63) is 65.5 Å². The van der Waals surface area contributed by atoms with Crippen LogP contribution in [0, 0.1) is 6.92 Å². The molecular weight excluding hydrogens is 329 g/mol. The summed E-state index contributed by atoms with van der Waals surface area (Å²) in [6.45, 7) is 3.80. The average Bonchev–Trinajstić information content (AvgIpc) is 2.59. The number of aromatic nitrogens is 2. The highest BCUT2D eigenvalue weighted by atomic mass is 19.4. The van der Waals surface area contributed by atoms with Gasteiger partial charge in [-0.3, -0.25) is 0 Å². The van der Waals surface area contributed by atoms with Crippen molar-refractivity contribution in [2.75, 3.05) is 0 Å². The van der Waals surface area contributed by atoms with Crippen molar-refractivity contribution < 1.29 is 13.2 Å². The Morgan fingerprint density at radius 3 is 2.32 bits per heavy atom. The molecule has 3 rings (SSSR count). The number of hydrogen-bond acceptors (Lipinski definition) is 4. The zero-order chi connectivity index (χ0) is 18.0. The van der Waals surface area contributed by atoms with Gasteiger partial charge < -0.3 is 0 Å². The lowest BCUT2D eigenvalue weighted by atomic mass is 10.1. The van der Waals surface area contributed by atoms with E-state index in [4.69, 9.17) is 0 Å². The molecule has 1 unspecified atom stereocenters. The van der Waals surface area contributed by atoms with E-state index >= 15 is 0 Å². The van der Waals surface area contributed by atoms with Gasteiger partial charge in [0.25, 0.3) is 0 Å². The standard InChI is InChI=1S/C18H15F3N4/c1-11-7-9-13(10-8-11)12(2)24-25-16-14-5-3-4-6-15(14)22-17(23-16)18(19,20)21/h3-10,12H,1-2H3. The molecule has 0 saturated carbocycles. The first-order valence-electron chi connectivity index (χ1n) is 7.66. The van der Waals surface area contributed by atoms with Gasteiger partial charge in [-0.15, -0.1) is 5.11 Å². The Morgan fingerprint density at radius 2 is 1.64 bits per heavy atom. The molecule has 4 nitrogen and oxygen atoms in total. The van der Waals surface area contributed by atoms with Crippen LogP contribution in [0.3, 0.4) is 0 Å². The number of halogens is 3. The number of nitrogens with zero attached hydrogens (tertiary/aromatic N) is 4. The topological polar surface area (TPSA) is 50.5 Å². The first-order chi connectivity index (χ1) is 11.8. The van der Waals surface area contributed by atoms with Crippen LogP contribution in [0.25, 0.3) is 10.9 Å². The van der Waals surface area contributed by atoms with E-state index in [-0.39, 0.29) is 17.4 Å². The van der Waals surface area contributed by atoms with E-state index in [1.54, 1.807) is 18.2 Å². The van der Waals surface area contributed by atoms with Crippen molar-refractivity contribution >= 4 is 16.7 Å². The number of alkyl halides is 3. The Bertz CT molecular complexity index is 918. The minimum absolute atomic E-state index is 0.0862. The maximum Gasteiger partial charge on any atom is 0.451 e. The second-order valence-electron chi connectivity index (χ2n) is 5.69. The summed E-state index contributed by atoms with van der Waals surface area (Å²) in [6, 6.07) is 13.9. The molecule has 0 N–H and O–H groups in total. The number of rotatable bonds is 3. The highest BCUT2D eigenvalue weighted by Crippen LogP contribution is 2.32. The molecule has 0 amide bonds. The quantitative estimate of drug-likeness (QED) is 0.564. The molecule has 3 aromatic rings. The molecule has 128 valence electrons. The average molecular weight is 344 g/mol. The van der Waals surface area contributed by atoms with Gasteiger partial charge in [-0.2, -0.15) is 18.3 Å². The molecule has 1 atom stereocenters. The van der Waals surface area contributed by atoms with Gasteiger partial charge in [0, 0.05) is 5.39 Å². The van der Waals surface area contributed by atoms with E-state index in [2.05, 4.69) is 20.2 Å². The molecule has 2 aromatic carbocycles. The van der Waals surface area contributed by atoms with Crippen LogP contribution in [0.2, 0.25) is 0 Å². The zero-order valence-electron chi connectivity index (χ0n) is 13.6. The summed E-state index contributed by atoms with van der Waals surface area (Å²) in [6.07, 6.45) is -4.64. The van der Waals surface area contributed by atoms with Crippen molar-refractivity contribution in [1.82, 2.24) is 9.97 Å². The SMILES string of the molecule is Cc1ccc(C(C)N=Nc2nc(C(F)(F)F)nc3ccccc23)cc1. The van der Waals surface area contributed by atoms with Gasteiger partial charge in [0.15, 0.2) is 5.82 Å². The monoisotopic (exact) mass is 344 g/mol. The van der Waals surface area contributed by atoms with Gasteiger partial charge in [-0.1, -0.05) is 42.0 Å².